The van der Waals surface area contributed by atoms with Gasteiger partial charge in [-0.25, -0.2) is 8.42 Å². The van der Waals surface area contributed by atoms with Crippen LogP contribution in [0.2, 0.25) is 0 Å². The van der Waals surface area contributed by atoms with Gasteiger partial charge in [-0.05, 0) is 42.1 Å². The van der Waals surface area contributed by atoms with Crippen molar-refractivity contribution in [2.24, 2.45) is 0 Å². The summed E-state index contributed by atoms with van der Waals surface area (Å²) >= 11 is 1.12. The van der Waals surface area contributed by atoms with Gasteiger partial charge in [-0.1, -0.05) is 12.1 Å². The first-order chi connectivity index (χ1) is 11.9. The number of aryl methyl sites for hydroxylation is 1. The third-order valence-electron chi connectivity index (χ3n) is 3.77. The summed E-state index contributed by atoms with van der Waals surface area (Å²) in [5.41, 5.74) is 2.42. The van der Waals surface area contributed by atoms with Crippen molar-refractivity contribution in [3.63, 3.8) is 0 Å². The molecule has 0 spiro atoms. The molecule has 0 saturated carbocycles. The van der Waals surface area contributed by atoms with E-state index in [9.17, 15) is 13.2 Å². The highest BCUT2D eigenvalue weighted by atomic mass is 32.2. The number of sulfonamides is 1. The summed E-state index contributed by atoms with van der Waals surface area (Å²) in [6, 6.07) is 10.5. The van der Waals surface area contributed by atoms with Crippen LogP contribution in [0.3, 0.4) is 0 Å². The number of hydrogen-bond donors (Lipinski definition) is 1. The molecule has 8 heteroatoms. The van der Waals surface area contributed by atoms with Gasteiger partial charge in [-0.2, -0.15) is 4.31 Å². The largest absolute Gasteiger partial charge is 0.324 e. The Kier molecular flexibility index (Phi) is 4.85. The molecule has 2 heterocycles. The van der Waals surface area contributed by atoms with Crippen molar-refractivity contribution in [3.05, 3.63) is 53.5 Å². The molecule has 2 aromatic heterocycles. The van der Waals surface area contributed by atoms with Gasteiger partial charge in [0.2, 0.25) is 5.91 Å². The van der Waals surface area contributed by atoms with E-state index < -0.39 is 15.9 Å². The van der Waals surface area contributed by atoms with Gasteiger partial charge in [-0.15, -0.1) is 11.3 Å². The molecule has 1 aromatic carbocycles. The zero-order valence-corrected chi connectivity index (χ0v) is 15.4. The number of rotatable bonds is 5. The van der Waals surface area contributed by atoms with Gasteiger partial charge < -0.3 is 5.32 Å². The molecule has 3 rings (SSSR count). The third kappa shape index (κ3) is 3.55. The molecule has 0 fully saturated rings. The fourth-order valence-electron chi connectivity index (χ4n) is 2.46. The molecular weight excluding hydrogens is 358 g/mol. The molecule has 130 valence electrons. The van der Waals surface area contributed by atoms with Gasteiger partial charge in [0.1, 0.15) is 4.21 Å². The standard InChI is InChI=1S/C17H17N3O3S2/c1-12-7-8-14(13-5-3-9-18-17(12)13)19-15(21)11-20(2)25(22,23)16-6-4-10-24-16/h3-10H,11H2,1-2H3,(H,19,21). The Morgan fingerprint density at radius 1 is 1.24 bits per heavy atom. The van der Waals surface area contributed by atoms with Crippen molar-refractivity contribution in [3.8, 4) is 0 Å². The first-order valence-electron chi connectivity index (χ1n) is 7.53. The molecule has 0 unspecified atom stereocenters. The number of nitrogens with one attached hydrogen (secondary N) is 1. The average Bonchev–Trinajstić information content (AvgIpc) is 3.13. The minimum atomic E-state index is -3.65. The van der Waals surface area contributed by atoms with Gasteiger partial charge in [0.25, 0.3) is 10.0 Å². The van der Waals surface area contributed by atoms with E-state index in [0.29, 0.717) is 5.69 Å². The molecule has 0 aliphatic carbocycles. The predicted molar refractivity (Wildman–Crippen MR) is 99.2 cm³/mol. The van der Waals surface area contributed by atoms with E-state index in [1.807, 2.05) is 19.1 Å². The lowest BCUT2D eigenvalue weighted by Crippen LogP contribution is -2.34. The number of nitrogens with zero attached hydrogens (tertiary/aromatic N) is 2. The maximum absolute atomic E-state index is 12.4. The zero-order valence-electron chi connectivity index (χ0n) is 13.8. The first kappa shape index (κ1) is 17.5. The number of fused-ring (bicyclic) bond motifs is 1. The lowest BCUT2D eigenvalue weighted by atomic mass is 10.1. The molecular formula is C17H17N3O3S2. The molecule has 1 N–H and O–H groups in total. The SMILES string of the molecule is Cc1ccc(NC(=O)CN(C)S(=O)(=O)c2cccs2)c2cccnc12. The van der Waals surface area contributed by atoms with Crippen molar-refractivity contribution in [1.29, 1.82) is 0 Å². The second-order valence-electron chi connectivity index (χ2n) is 5.57. The molecule has 0 saturated heterocycles. The van der Waals surface area contributed by atoms with Gasteiger partial charge in [0.15, 0.2) is 0 Å². The molecule has 0 aliphatic rings. The minimum Gasteiger partial charge on any atom is -0.324 e. The van der Waals surface area contributed by atoms with Crippen LogP contribution >= 0.6 is 11.3 Å². The van der Waals surface area contributed by atoms with E-state index in [2.05, 4.69) is 10.3 Å². The van der Waals surface area contributed by atoms with Gasteiger partial charge in [0.05, 0.1) is 17.7 Å². The van der Waals surface area contributed by atoms with Crippen molar-refractivity contribution < 1.29 is 13.2 Å². The fraction of sp³-hybridized carbons (Fsp3) is 0.176. The Bertz CT molecular complexity index is 1010. The van der Waals surface area contributed by atoms with Crippen LogP contribution in [0.1, 0.15) is 5.56 Å². The van der Waals surface area contributed by atoms with Crippen molar-refractivity contribution in [1.82, 2.24) is 9.29 Å². The summed E-state index contributed by atoms with van der Waals surface area (Å²) in [4.78, 5) is 16.7. The number of benzene rings is 1. The number of likely N-dealkylation sites (N-methyl/N-ethyl adjacent to an activating group) is 1. The maximum atomic E-state index is 12.4. The number of hydrogen-bond acceptors (Lipinski definition) is 5. The summed E-state index contributed by atoms with van der Waals surface area (Å²) in [6.07, 6.45) is 1.70. The maximum Gasteiger partial charge on any atom is 0.252 e. The van der Waals surface area contributed by atoms with E-state index >= 15 is 0 Å². The van der Waals surface area contributed by atoms with Gasteiger partial charge in [0, 0.05) is 18.6 Å². The Morgan fingerprint density at radius 3 is 2.76 bits per heavy atom. The van der Waals surface area contributed by atoms with Crippen LogP contribution in [0.4, 0.5) is 5.69 Å². The predicted octanol–water partition coefficient (Wildman–Crippen LogP) is 2.86. The van der Waals surface area contributed by atoms with E-state index in [1.54, 1.807) is 29.8 Å². The van der Waals surface area contributed by atoms with Crippen LogP contribution in [0.25, 0.3) is 10.9 Å². The van der Waals surface area contributed by atoms with E-state index in [4.69, 9.17) is 0 Å². The van der Waals surface area contributed by atoms with E-state index in [-0.39, 0.29) is 10.8 Å². The lowest BCUT2D eigenvalue weighted by molar-refractivity contribution is -0.116. The Hall–Kier alpha value is -2.29. The summed E-state index contributed by atoms with van der Waals surface area (Å²) in [5, 5.41) is 5.28. The van der Waals surface area contributed by atoms with E-state index in [0.717, 1.165) is 32.1 Å². The van der Waals surface area contributed by atoms with Crippen LogP contribution in [0.5, 0.6) is 0 Å². The smallest absolute Gasteiger partial charge is 0.252 e. The first-order valence-corrected chi connectivity index (χ1v) is 9.85. The molecule has 6 nitrogen and oxygen atoms in total. The number of carbonyl (C=O) groups is 1. The van der Waals surface area contributed by atoms with Crippen LogP contribution in [0.15, 0.2) is 52.2 Å². The van der Waals surface area contributed by atoms with E-state index in [1.165, 1.54) is 13.1 Å². The molecule has 0 aliphatic heterocycles. The third-order valence-corrected chi connectivity index (χ3v) is 6.95. The Morgan fingerprint density at radius 2 is 2.04 bits per heavy atom. The minimum absolute atomic E-state index is 0.216. The highest BCUT2D eigenvalue weighted by Gasteiger charge is 2.24. The lowest BCUT2D eigenvalue weighted by Gasteiger charge is -2.16. The molecule has 0 radical (unpaired) electrons. The number of pyridine rings is 1. The number of anilines is 1. The number of aromatic nitrogens is 1. The second kappa shape index (κ2) is 6.91. The van der Waals surface area contributed by atoms with Gasteiger partial charge >= 0.3 is 0 Å². The summed E-state index contributed by atoms with van der Waals surface area (Å²) < 4.78 is 26.0. The Balaban J connectivity index is 1.79. The summed E-state index contributed by atoms with van der Waals surface area (Å²) in [6.45, 7) is 1.68. The summed E-state index contributed by atoms with van der Waals surface area (Å²) in [5.74, 6) is -0.406. The molecule has 1 amide bonds. The molecule has 25 heavy (non-hydrogen) atoms. The average molecular weight is 375 g/mol. The normalized spacial score (nSPS) is 11.8. The number of thiophene rings is 1. The molecule has 0 atom stereocenters. The van der Waals surface area contributed by atoms with Crippen LogP contribution < -0.4 is 5.32 Å². The van der Waals surface area contributed by atoms with Crippen LogP contribution in [0, 0.1) is 6.92 Å². The highest BCUT2D eigenvalue weighted by molar-refractivity contribution is 7.91. The van der Waals surface area contributed by atoms with Crippen molar-refractivity contribution in [2.45, 2.75) is 11.1 Å². The fourth-order valence-corrected chi connectivity index (χ4v) is 4.79. The second-order valence-corrected chi connectivity index (χ2v) is 8.79. The van der Waals surface area contributed by atoms with Crippen LogP contribution in [-0.2, 0) is 14.8 Å². The Labute approximate surface area is 150 Å². The van der Waals surface area contributed by atoms with Crippen molar-refractivity contribution >= 4 is 43.9 Å². The molecule has 3 aromatic rings. The summed E-state index contributed by atoms with van der Waals surface area (Å²) in [7, 11) is -2.26. The van der Waals surface area contributed by atoms with Gasteiger partial charge in [-0.3, -0.25) is 9.78 Å². The zero-order chi connectivity index (χ0) is 18.0. The van der Waals surface area contributed by atoms with Crippen LogP contribution in [-0.4, -0.2) is 37.2 Å². The number of carbonyl (C=O) groups excluding carboxylic acids is 1. The number of amides is 1. The van der Waals surface area contributed by atoms with Crippen molar-refractivity contribution in [2.75, 3.05) is 18.9 Å². The highest BCUT2D eigenvalue weighted by Crippen LogP contribution is 2.25. The topological polar surface area (TPSA) is 79.4 Å². The monoisotopic (exact) mass is 375 g/mol. The molecule has 0 bridgehead atoms. The quantitative estimate of drug-likeness (QED) is 0.744.